The first-order valence-electron chi connectivity index (χ1n) is 8.54. The number of hydrogen-bond acceptors (Lipinski definition) is 3. The Kier molecular flexibility index (Phi) is 6.04. The zero-order valence-electron chi connectivity index (χ0n) is 14.2. The van der Waals surface area contributed by atoms with Gasteiger partial charge in [0.15, 0.2) is 0 Å². The average Bonchev–Trinajstić information content (AvgIpc) is 2.72. The fourth-order valence-corrected chi connectivity index (χ4v) is 3.16. The molecule has 3 heteroatoms. The van der Waals surface area contributed by atoms with Crippen LogP contribution in [0, 0.1) is 5.92 Å². The maximum Gasteiger partial charge on any atom is 0.129 e. The predicted molar refractivity (Wildman–Crippen MR) is 90.9 cm³/mol. The van der Waals surface area contributed by atoms with Crippen molar-refractivity contribution in [2.45, 2.75) is 58.9 Å². The Morgan fingerprint density at radius 3 is 2.76 bits per heavy atom. The van der Waals surface area contributed by atoms with Crippen LogP contribution in [0.4, 0.5) is 5.82 Å². The van der Waals surface area contributed by atoms with Crippen LogP contribution in [-0.4, -0.2) is 25.1 Å². The summed E-state index contributed by atoms with van der Waals surface area (Å²) in [6, 6.07) is 4.52. The number of hydrogen-bond donors (Lipinski definition) is 1. The lowest BCUT2D eigenvalue weighted by Gasteiger charge is -2.24. The molecule has 0 radical (unpaired) electrons. The molecule has 3 nitrogen and oxygen atoms in total. The molecule has 2 heterocycles. The van der Waals surface area contributed by atoms with E-state index >= 15 is 0 Å². The summed E-state index contributed by atoms with van der Waals surface area (Å²) in [5, 5.41) is 3.26. The lowest BCUT2D eigenvalue weighted by molar-refractivity contribution is 0.459. The van der Waals surface area contributed by atoms with Crippen molar-refractivity contribution < 1.29 is 0 Å². The van der Waals surface area contributed by atoms with E-state index in [-0.39, 0.29) is 0 Å². The van der Waals surface area contributed by atoms with E-state index in [1.807, 2.05) is 7.05 Å². The van der Waals surface area contributed by atoms with Crippen LogP contribution in [0.5, 0.6) is 0 Å². The summed E-state index contributed by atoms with van der Waals surface area (Å²) in [4.78, 5) is 7.43. The maximum absolute atomic E-state index is 4.93. The van der Waals surface area contributed by atoms with Crippen molar-refractivity contribution in [1.82, 2.24) is 10.3 Å². The fourth-order valence-electron chi connectivity index (χ4n) is 3.16. The average molecular weight is 289 g/mol. The molecule has 0 saturated carbocycles. The van der Waals surface area contributed by atoms with Gasteiger partial charge in [-0.05, 0) is 55.8 Å². The van der Waals surface area contributed by atoms with Crippen LogP contribution in [0.3, 0.4) is 0 Å². The second kappa shape index (κ2) is 7.79. The minimum Gasteiger partial charge on any atom is -0.357 e. The van der Waals surface area contributed by atoms with Gasteiger partial charge in [-0.3, -0.25) is 0 Å². The second-order valence-electron chi connectivity index (χ2n) is 6.64. The molecule has 21 heavy (non-hydrogen) atoms. The number of nitrogens with one attached hydrogen (secondary N) is 1. The molecule has 118 valence electrons. The number of nitrogens with zero attached hydrogens (tertiary/aromatic N) is 2. The van der Waals surface area contributed by atoms with Gasteiger partial charge >= 0.3 is 0 Å². The molecular formula is C18H31N3. The molecule has 0 amide bonds. The predicted octanol–water partition coefficient (Wildman–Crippen LogP) is 3.94. The molecule has 1 aliphatic heterocycles. The molecule has 1 aliphatic rings. The van der Waals surface area contributed by atoms with Crippen LogP contribution < -0.4 is 10.2 Å². The molecule has 1 saturated heterocycles. The Morgan fingerprint density at radius 2 is 2.10 bits per heavy atom. The van der Waals surface area contributed by atoms with E-state index in [2.05, 4.69) is 43.1 Å². The van der Waals surface area contributed by atoms with E-state index in [1.54, 1.807) is 0 Å². The number of rotatable bonds is 5. The zero-order chi connectivity index (χ0) is 15.2. The Bertz CT molecular complexity index is 442. The van der Waals surface area contributed by atoms with Crippen LogP contribution in [0.25, 0.3) is 0 Å². The second-order valence-corrected chi connectivity index (χ2v) is 6.64. The van der Waals surface area contributed by atoms with Crippen LogP contribution in [0.1, 0.15) is 63.6 Å². The van der Waals surface area contributed by atoms with E-state index in [4.69, 9.17) is 4.98 Å². The van der Waals surface area contributed by atoms with Gasteiger partial charge in [0.25, 0.3) is 0 Å². The molecule has 1 N–H and O–H groups in total. The van der Waals surface area contributed by atoms with E-state index < -0.39 is 0 Å². The monoisotopic (exact) mass is 289 g/mol. The Morgan fingerprint density at radius 1 is 1.29 bits per heavy atom. The largest absolute Gasteiger partial charge is 0.357 e. The Hall–Kier alpha value is -1.09. The lowest BCUT2D eigenvalue weighted by atomic mass is 9.98. The Balaban J connectivity index is 2.20. The van der Waals surface area contributed by atoms with Crippen molar-refractivity contribution in [1.29, 1.82) is 0 Å². The number of aromatic nitrogens is 1. The van der Waals surface area contributed by atoms with Crippen molar-refractivity contribution >= 4 is 5.82 Å². The van der Waals surface area contributed by atoms with Gasteiger partial charge in [-0.15, -0.1) is 0 Å². The van der Waals surface area contributed by atoms with Crippen molar-refractivity contribution in [3.05, 3.63) is 23.4 Å². The highest BCUT2D eigenvalue weighted by Crippen LogP contribution is 2.25. The van der Waals surface area contributed by atoms with Crippen molar-refractivity contribution in [3.63, 3.8) is 0 Å². The summed E-state index contributed by atoms with van der Waals surface area (Å²) >= 11 is 0. The lowest BCUT2D eigenvalue weighted by Crippen LogP contribution is -2.26. The van der Waals surface area contributed by atoms with E-state index in [1.165, 1.54) is 42.8 Å². The quantitative estimate of drug-likeness (QED) is 0.890. The third kappa shape index (κ3) is 4.44. The normalized spacial score (nSPS) is 19.9. The molecule has 0 spiro atoms. The van der Waals surface area contributed by atoms with Crippen molar-refractivity contribution in [2.24, 2.45) is 5.92 Å². The summed E-state index contributed by atoms with van der Waals surface area (Å²) < 4.78 is 0. The van der Waals surface area contributed by atoms with Crippen LogP contribution >= 0.6 is 0 Å². The highest BCUT2D eigenvalue weighted by Gasteiger charge is 2.18. The summed E-state index contributed by atoms with van der Waals surface area (Å²) in [6.07, 6.45) is 5.30. The van der Waals surface area contributed by atoms with Gasteiger partial charge in [-0.25, -0.2) is 4.98 Å². The topological polar surface area (TPSA) is 28.2 Å². The third-order valence-electron chi connectivity index (χ3n) is 4.61. The molecule has 1 atom stereocenters. The summed E-state index contributed by atoms with van der Waals surface area (Å²) in [5.74, 6) is 2.57. The van der Waals surface area contributed by atoms with Gasteiger partial charge in [-0.1, -0.05) is 27.2 Å². The number of pyridine rings is 1. The van der Waals surface area contributed by atoms with Crippen LogP contribution in [-0.2, 0) is 6.54 Å². The zero-order valence-corrected chi connectivity index (χ0v) is 14.2. The van der Waals surface area contributed by atoms with Crippen molar-refractivity contribution in [2.75, 3.05) is 25.0 Å². The molecule has 1 aromatic heterocycles. The summed E-state index contributed by atoms with van der Waals surface area (Å²) in [7, 11) is 2.01. The van der Waals surface area contributed by atoms with Crippen LogP contribution in [0.2, 0.25) is 0 Å². The molecule has 0 aliphatic carbocycles. The third-order valence-corrected chi connectivity index (χ3v) is 4.61. The molecule has 1 aromatic rings. The first kappa shape index (κ1) is 16.3. The van der Waals surface area contributed by atoms with Gasteiger partial charge in [-0.2, -0.15) is 0 Å². The van der Waals surface area contributed by atoms with Gasteiger partial charge in [0, 0.05) is 25.3 Å². The first-order chi connectivity index (χ1) is 10.1. The van der Waals surface area contributed by atoms with Gasteiger partial charge in [0.1, 0.15) is 5.82 Å². The highest BCUT2D eigenvalue weighted by atomic mass is 15.2. The number of anilines is 1. The smallest absolute Gasteiger partial charge is 0.129 e. The highest BCUT2D eigenvalue weighted by molar-refractivity contribution is 5.43. The molecule has 2 rings (SSSR count). The molecule has 0 bridgehead atoms. The molecule has 0 aromatic carbocycles. The van der Waals surface area contributed by atoms with Crippen molar-refractivity contribution in [3.8, 4) is 0 Å². The minimum atomic E-state index is 0.482. The first-order valence-corrected chi connectivity index (χ1v) is 8.54. The van der Waals surface area contributed by atoms with E-state index in [0.29, 0.717) is 5.92 Å². The van der Waals surface area contributed by atoms with Gasteiger partial charge in [0.05, 0.1) is 0 Å². The molecule has 1 fully saturated rings. The fraction of sp³-hybridized carbons (Fsp3) is 0.722. The summed E-state index contributed by atoms with van der Waals surface area (Å²) in [6.45, 7) is 10.0. The standard InChI is InChI=1S/C18H31N3/c1-5-15-7-6-9-21(10-8-15)18-12-16(13-19-4)11-17(20-18)14(2)3/h11-12,14-15,19H,5-10,13H2,1-4H3. The Labute approximate surface area is 130 Å². The molecular weight excluding hydrogens is 258 g/mol. The van der Waals surface area contributed by atoms with E-state index in [9.17, 15) is 0 Å². The van der Waals surface area contributed by atoms with E-state index in [0.717, 1.165) is 25.6 Å². The van der Waals surface area contributed by atoms with Gasteiger partial charge in [0.2, 0.25) is 0 Å². The molecule has 1 unspecified atom stereocenters. The maximum atomic E-state index is 4.93. The van der Waals surface area contributed by atoms with Gasteiger partial charge < -0.3 is 10.2 Å². The SMILES string of the molecule is CCC1CCCN(c2cc(CNC)cc(C(C)C)n2)CC1. The summed E-state index contributed by atoms with van der Waals surface area (Å²) in [5.41, 5.74) is 2.57. The van der Waals surface area contributed by atoms with Crippen LogP contribution in [0.15, 0.2) is 12.1 Å². The minimum absolute atomic E-state index is 0.482.